The van der Waals surface area contributed by atoms with Crippen LogP contribution in [0.4, 0.5) is 11.4 Å². The van der Waals surface area contributed by atoms with Gasteiger partial charge in [0, 0.05) is 30.8 Å². The van der Waals surface area contributed by atoms with Gasteiger partial charge < -0.3 is 4.74 Å². The monoisotopic (exact) mass is 355 g/mol. The summed E-state index contributed by atoms with van der Waals surface area (Å²) in [4.78, 5) is 23.2. The van der Waals surface area contributed by atoms with E-state index < -0.39 is 9.85 Å². The standard InChI is InChI=1S/C18H17N3O5/c22-20(23)14-7-3-12(4-8-14)17-18(26-16-2-1-11-19(16)17)13-5-9-15(10-6-13)21(24)25/h3-10,16-18H,1-2,11H2/t16-,17+,18+/m0/s1. The van der Waals surface area contributed by atoms with Crippen molar-refractivity contribution in [2.75, 3.05) is 6.54 Å². The van der Waals surface area contributed by atoms with E-state index in [1.807, 2.05) is 0 Å². The molecular formula is C18H17N3O5. The second kappa shape index (κ2) is 6.47. The zero-order valence-corrected chi connectivity index (χ0v) is 13.9. The Labute approximate surface area is 149 Å². The largest absolute Gasteiger partial charge is 0.353 e. The lowest BCUT2D eigenvalue weighted by atomic mass is 9.95. The number of non-ortho nitro benzene ring substituents is 2. The highest BCUT2D eigenvalue weighted by Crippen LogP contribution is 2.48. The maximum atomic E-state index is 10.9. The molecule has 0 spiro atoms. The van der Waals surface area contributed by atoms with E-state index in [9.17, 15) is 20.2 Å². The van der Waals surface area contributed by atoms with Gasteiger partial charge in [-0.25, -0.2) is 0 Å². The summed E-state index contributed by atoms with van der Waals surface area (Å²) in [6.45, 7) is 0.899. The van der Waals surface area contributed by atoms with Crippen LogP contribution in [0.2, 0.25) is 0 Å². The number of hydrogen-bond acceptors (Lipinski definition) is 6. The highest BCUT2D eigenvalue weighted by atomic mass is 16.6. The van der Waals surface area contributed by atoms with Gasteiger partial charge in [-0.05, 0) is 36.1 Å². The van der Waals surface area contributed by atoms with Gasteiger partial charge in [-0.3, -0.25) is 25.1 Å². The van der Waals surface area contributed by atoms with E-state index in [2.05, 4.69) is 4.90 Å². The Morgan fingerprint density at radius 2 is 1.42 bits per heavy atom. The van der Waals surface area contributed by atoms with Crippen LogP contribution in [0.1, 0.15) is 36.1 Å². The first-order valence-electron chi connectivity index (χ1n) is 8.44. The van der Waals surface area contributed by atoms with Gasteiger partial charge in [-0.2, -0.15) is 0 Å². The summed E-state index contributed by atoms with van der Waals surface area (Å²) >= 11 is 0. The molecule has 4 rings (SSSR count). The van der Waals surface area contributed by atoms with Gasteiger partial charge in [-0.1, -0.05) is 12.1 Å². The number of nitro benzene ring substituents is 2. The quantitative estimate of drug-likeness (QED) is 0.612. The van der Waals surface area contributed by atoms with Gasteiger partial charge in [0.1, 0.15) is 12.3 Å². The Balaban J connectivity index is 1.68. The van der Waals surface area contributed by atoms with Crippen molar-refractivity contribution in [3.8, 4) is 0 Å². The van der Waals surface area contributed by atoms with E-state index in [0.717, 1.165) is 30.5 Å². The number of hydrogen-bond donors (Lipinski definition) is 0. The number of benzene rings is 2. The molecule has 134 valence electrons. The number of nitrogens with zero attached hydrogens (tertiary/aromatic N) is 3. The van der Waals surface area contributed by atoms with Crippen LogP contribution in [0.3, 0.4) is 0 Å². The van der Waals surface area contributed by atoms with Gasteiger partial charge in [-0.15, -0.1) is 0 Å². The molecule has 2 aliphatic rings. The lowest BCUT2D eigenvalue weighted by Gasteiger charge is -2.25. The van der Waals surface area contributed by atoms with Crippen LogP contribution in [0.5, 0.6) is 0 Å². The SMILES string of the molecule is O=[N+]([O-])c1ccc([C@H]2O[C@H]3CCCN3[C@@H]2c2ccc([N+](=O)[O-])cc2)cc1. The molecule has 3 atom stereocenters. The van der Waals surface area contributed by atoms with E-state index >= 15 is 0 Å². The molecule has 26 heavy (non-hydrogen) atoms. The van der Waals surface area contributed by atoms with Gasteiger partial charge in [0.25, 0.3) is 11.4 Å². The number of ether oxygens (including phenoxy) is 1. The second-order valence-electron chi connectivity index (χ2n) is 6.53. The zero-order chi connectivity index (χ0) is 18.3. The molecule has 0 N–H and O–H groups in total. The summed E-state index contributed by atoms with van der Waals surface area (Å²) in [6.07, 6.45) is 1.73. The predicted octanol–water partition coefficient (Wildman–Crippen LogP) is 3.74. The van der Waals surface area contributed by atoms with Crippen LogP contribution in [0, 0.1) is 20.2 Å². The van der Waals surface area contributed by atoms with Crippen molar-refractivity contribution in [3.05, 3.63) is 79.9 Å². The first-order chi connectivity index (χ1) is 12.5. The summed E-state index contributed by atoms with van der Waals surface area (Å²) in [5.74, 6) is 0. The molecule has 8 nitrogen and oxygen atoms in total. The van der Waals surface area contributed by atoms with Gasteiger partial charge in [0.2, 0.25) is 0 Å². The van der Waals surface area contributed by atoms with Crippen molar-refractivity contribution in [1.82, 2.24) is 4.90 Å². The molecule has 0 unspecified atom stereocenters. The third kappa shape index (κ3) is 2.83. The first kappa shape index (κ1) is 16.6. The molecule has 0 saturated carbocycles. The molecule has 2 saturated heterocycles. The molecule has 0 amide bonds. The van der Waals surface area contributed by atoms with E-state index in [1.165, 1.54) is 24.3 Å². The van der Waals surface area contributed by atoms with Crippen LogP contribution in [-0.2, 0) is 4.74 Å². The van der Waals surface area contributed by atoms with Crippen molar-refractivity contribution < 1.29 is 14.6 Å². The highest BCUT2D eigenvalue weighted by Gasteiger charge is 2.45. The second-order valence-corrected chi connectivity index (χ2v) is 6.53. The van der Waals surface area contributed by atoms with Crippen LogP contribution >= 0.6 is 0 Å². The highest BCUT2D eigenvalue weighted by molar-refractivity contribution is 5.38. The van der Waals surface area contributed by atoms with Crippen molar-refractivity contribution in [2.45, 2.75) is 31.2 Å². The van der Waals surface area contributed by atoms with E-state index in [4.69, 9.17) is 4.74 Å². The Hall–Kier alpha value is -2.84. The van der Waals surface area contributed by atoms with E-state index in [-0.39, 0.29) is 29.7 Å². The smallest absolute Gasteiger partial charge is 0.269 e. The van der Waals surface area contributed by atoms with E-state index in [1.54, 1.807) is 24.3 Å². The minimum atomic E-state index is -0.425. The van der Waals surface area contributed by atoms with Gasteiger partial charge >= 0.3 is 0 Å². The van der Waals surface area contributed by atoms with Gasteiger partial charge in [0.15, 0.2) is 0 Å². The van der Waals surface area contributed by atoms with E-state index in [0.29, 0.717) is 0 Å². The lowest BCUT2D eigenvalue weighted by molar-refractivity contribution is -0.385. The number of nitro groups is 2. The summed E-state index contributed by atoms with van der Waals surface area (Å²) in [5, 5.41) is 21.8. The topological polar surface area (TPSA) is 98.8 Å². The summed E-state index contributed by atoms with van der Waals surface area (Å²) in [5.41, 5.74) is 1.91. The molecule has 2 fully saturated rings. The Morgan fingerprint density at radius 1 is 0.885 bits per heavy atom. The predicted molar refractivity (Wildman–Crippen MR) is 92.5 cm³/mol. The Bertz CT molecular complexity index is 837. The molecule has 8 heteroatoms. The fourth-order valence-electron chi connectivity index (χ4n) is 3.85. The average Bonchev–Trinajstić information content (AvgIpc) is 3.23. The molecule has 0 aliphatic carbocycles. The number of fused-ring (bicyclic) bond motifs is 1. The Kier molecular flexibility index (Phi) is 4.14. The lowest BCUT2D eigenvalue weighted by Crippen LogP contribution is -2.26. The van der Waals surface area contributed by atoms with Crippen molar-refractivity contribution in [1.29, 1.82) is 0 Å². The fraction of sp³-hybridized carbons (Fsp3) is 0.333. The molecule has 2 aromatic rings. The van der Waals surface area contributed by atoms with Crippen LogP contribution in [0.15, 0.2) is 48.5 Å². The zero-order valence-electron chi connectivity index (χ0n) is 13.9. The summed E-state index contributed by atoms with van der Waals surface area (Å²) < 4.78 is 6.24. The van der Waals surface area contributed by atoms with Gasteiger partial charge in [0.05, 0.1) is 15.9 Å². The minimum Gasteiger partial charge on any atom is -0.353 e. The fourth-order valence-corrected chi connectivity index (χ4v) is 3.85. The van der Waals surface area contributed by atoms with Crippen LogP contribution < -0.4 is 0 Å². The maximum Gasteiger partial charge on any atom is 0.269 e. The Morgan fingerprint density at radius 3 is 1.96 bits per heavy atom. The molecule has 2 aromatic carbocycles. The third-order valence-corrected chi connectivity index (χ3v) is 5.06. The average molecular weight is 355 g/mol. The van der Waals surface area contributed by atoms with Crippen LogP contribution in [-0.4, -0.2) is 27.5 Å². The molecule has 0 radical (unpaired) electrons. The number of rotatable bonds is 4. The summed E-state index contributed by atoms with van der Waals surface area (Å²) in [7, 11) is 0. The molecule has 0 aromatic heterocycles. The van der Waals surface area contributed by atoms with Crippen molar-refractivity contribution in [2.24, 2.45) is 0 Å². The van der Waals surface area contributed by atoms with Crippen molar-refractivity contribution >= 4 is 11.4 Å². The van der Waals surface area contributed by atoms with Crippen molar-refractivity contribution in [3.63, 3.8) is 0 Å². The third-order valence-electron chi connectivity index (χ3n) is 5.06. The minimum absolute atomic E-state index is 0.00961. The molecule has 0 bridgehead atoms. The molecule has 2 aliphatic heterocycles. The molecule has 2 heterocycles. The molecular weight excluding hydrogens is 338 g/mol. The maximum absolute atomic E-state index is 10.9. The summed E-state index contributed by atoms with van der Waals surface area (Å²) in [6, 6.07) is 12.9. The van der Waals surface area contributed by atoms with Crippen LogP contribution in [0.25, 0.3) is 0 Å². The first-order valence-corrected chi connectivity index (χ1v) is 8.44. The normalized spacial score (nSPS) is 25.2.